The van der Waals surface area contributed by atoms with E-state index < -0.39 is 6.09 Å². The summed E-state index contributed by atoms with van der Waals surface area (Å²) in [7, 11) is 1.82. The van der Waals surface area contributed by atoms with E-state index in [1.54, 1.807) is 11.8 Å². The predicted molar refractivity (Wildman–Crippen MR) is 98.1 cm³/mol. The Morgan fingerprint density at radius 3 is 2.83 bits per heavy atom. The van der Waals surface area contributed by atoms with Crippen molar-refractivity contribution in [3.63, 3.8) is 0 Å². The number of rotatable bonds is 4. The van der Waals surface area contributed by atoms with Gasteiger partial charge >= 0.3 is 6.09 Å². The first-order valence-corrected chi connectivity index (χ1v) is 9.11. The molecule has 0 radical (unpaired) electrons. The van der Waals surface area contributed by atoms with Crippen LogP contribution in [0.1, 0.15) is 28.3 Å². The fourth-order valence-electron chi connectivity index (χ4n) is 3.10. The number of amides is 1. The summed E-state index contributed by atoms with van der Waals surface area (Å²) in [4.78, 5) is 12.4. The molecule has 0 fully saturated rings. The zero-order valence-electron chi connectivity index (χ0n) is 13.3. The summed E-state index contributed by atoms with van der Waals surface area (Å²) in [5.74, 6) is 0.828. The molecule has 6 heteroatoms. The van der Waals surface area contributed by atoms with Gasteiger partial charge in [-0.2, -0.15) is 0 Å². The van der Waals surface area contributed by atoms with Crippen molar-refractivity contribution >= 4 is 29.5 Å². The van der Waals surface area contributed by atoms with Gasteiger partial charge in [0.2, 0.25) is 0 Å². The van der Waals surface area contributed by atoms with Gasteiger partial charge in [0.15, 0.2) is 0 Å². The summed E-state index contributed by atoms with van der Waals surface area (Å²) in [6.07, 6.45) is -0.256. The maximum Gasteiger partial charge on any atom is 0.405 e. The molecule has 1 atom stereocenters. The zero-order chi connectivity index (χ0) is 17.1. The highest BCUT2D eigenvalue weighted by Gasteiger charge is 2.22. The minimum Gasteiger partial charge on any atom is -0.465 e. The third-order valence-electron chi connectivity index (χ3n) is 4.21. The molecule has 3 rings (SSSR count). The van der Waals surface area contributed by atoms with Gasteiger partial charge in [-0.15, -0.1) is 11.8 Å². The lowest BCUT2D eigenvalue weighted by Crippen LogP contribution is -2.34. The van der Waals surface area contributed by atoms with Crippen molar-refractivity contribution in [3.8, 4) is 0 Å². The second-order valence-corrected chi connectivity index (χ2v) is 7.15. The molecule has 1 unspecified atom stereocenters. The molecule has 1 amide bonds. The van der Waals surface area contributed by atoms with Gasteiger partial charge in [0.25, 0.3) is 0 Å². The van der Waals surface area contributed by atoms with Gasteiger partial charge in [-0.05, 0) is 47.9 Å². The Balaban J connectivity index is 2.05. The van der Waals surface area contributed by atoms with Crippen LogP contribution in [0.25, 0.3) is 0 Å². The van der Waals surface area contributed by atoms with E-state index in [-0.39, 0.29) is 6.04 Å². The zero-order valence-corrected chi connectivity index (χ0v) is 14.9. The van der Waals surface area contributed by atoms with E-state index >= 15 is 0 Å². The predicted octanol–water partition coefficient (Wildman–Crippen LogP) is 4.06. The number of carbonyl (C=O) groups is 1. The van der Waals surface area contributed by atoms with Crippen molar-refractivity contribution in [2.24, 2.45) is 0 Å². The van der Waals surface area contributed by atoms with Crippen molar-refractivity contribution in [1.82, 2.24) is 10.6 Å². The summed E-state index contributed by atoms with van der Waals surface area (Å²) in [5.41, 5.74) is 4.57. The number of carboxylic acid groups (broad SMARTS) is 1. The van der Waals surface area contributed by atoms with E-state index in [1.165, 1.54) is 21.6 Å². The highest BCUT2D eigenvalue weighted by Crippen LogP contribution is 2.39. The number of nitrogens with one attached hydrogen (secondary N) is 2. The molecule has 0 bridgehead atoms. The Bertz CT molecular complexity index is 767. The van der Waals surface area contributed by atoms with Gasteiger partial charge < -0.3 is 15.7 Å². The Morgan fingerprint density at radius 1 is 1.29 bits per heavy atom. The van der Waals surface area contributed by atoms with Crippen LogP contribution in [0.15, 0.2) is 41.3 Å². The molecule has 0 aromatic heterocycles. The van der Waals surface area contributed by atoms with Crippen LogP contribution in [0.3, 0.4) is 0 Å². The topological polar surface area (TPSA) is 61.4 Å². The van der Waals surface area contributed by atoms with Gasteiger partial charge in [0.05, 0.1) is 6.04 Å². The molecule has 0 saturated heterocycles. The summed E-state index contributed by atoms with van der Waals surface area (Å²) in [6.45, 7) is 0.538. The Kier molecular flexibility index (Phi) is 5.33. The van der Waals surface area contributed by atoms with E-state index in [2.05, 4.69) is 22.8 Å². The summed E-state index contributed by atoms with van der Waals surface area (Å²) >= 11 is 8.12. The van der Waals surface area contributed by atoms with E-state index in [9.17, 15) is 4.79 Å². The van der Waals surface area contributed by atoms with Crippen molar-refractivity contribution in [3.05, 3.63) is 63.7 Å². The molecule has 2 aromatic carbocycles. The molecule has 4 nitrogen and oxygen atoms in total. The van der Waals surface area contributed by atoms with Gasteiger partial charge in [-0.25, -0.2) is 4.79 Å². The summed E-state index contributed by atoms with van der Waals surface area (Å²) in [6, 6.07) is 11.8. The van der Waals surface area contributed by atoms with Crippen LogP contribution in [0.4, 0.5) is 4.79 Å². The van der Waals surface area contributed by atoms with Gasteiger partial charge in [0, 0.05) is 22.2 Å². The number of thioether (sulfide) groups is 1. The molecule has 126 valence electrons. The molecule has 1 aliphatic rings. The molecular weight excluding hydrogens is 344 g/mol. The smallest absolute Gasteiger partial charge is 0.405 e. The summed E-state index contributed by atoms with van der Waals surface area (Å²) < 4.78 is 0. The Labute approximate surface area is 150 Å². The van der Waals surface area contributed by atoms with Gasteiger partial charge in [-0.1, -0.05) is 35.9 Å². The Morgan fingerprint density at radius 2 is 2.08 bits per heavy atom. The van der Waals surface area contributed by atoms with Crippen LogP contribution in [0, 0.1) is 0 Å². The SMILES string of the molecule is CNCC(NC(=O)O)c1cccc2c1Cc1cccc(Cl)c1CS2. The molecule has 1 heterocycles. The second kappa shape index (κ2) is 7.47. The molecule has 0 spiro atoms. The van der Waals surface area contributed by atoms with Gasteiger partial charge in [-0.3, -0.25) is 0 Å². The summed E-state index contributed by atoms with van der Waals surface area (Å²) in [5, 5.41) is 15.7. The molecule has 24 heavy (non-hydrogen) atoms. The molecule has 3 N–H and O–H groups in total. The normalized spacial score (nSPS) is 14.2. The minimum absolute atomic E-state index is 0.288. The van der Waals surface area contributed by atoms with E-state index in [4.69, 9.17) is 16.7 Å². The highest BCUT2D eigenvalue weighted by atomic mass is 35.5. The first-order valence-electron chi connectivity index (χ1n) is 7.75. The molecule has 2 aromatic rings. The number of hydrogen-bond acceptors (Lipinski definition) is 3. The standard InChI is InChI=1S/C18H19ClN2O2S/c1-20-9-16(21-18(22)23)12-5-3-7-17-13(12)8-11-4-2-6-15(19)14(11)10-24-17/h2-7,16,20-21H,8-10H2,1H3,(H,22,23). The molecule has 0 aliphatic carbocycles. The third-order valence-corrected chi connectivity index (χ3v) is 5.69. The maximum atomic E-state index is 11.2. The van der Waals surface area contributed by atoms with Crippen molar-refractivity contribution < 1.29 is 9.90 Å². The van der Waals surface area contributed by atoms with Crippen molar-refractivity contribution in [2.75, 3.05) is 13.6 Å². The van der Waals surface area contributed by atoms with Gasteiger partial charge in [0.1, 0.15) is 0 Å². The van der Waals surface area contributed by atoms with Crippen molar-refractivity contribution in [2.45, 2.75) is 23.1 Å². The van der Waals surface area contributed by atoms with Crippen LogP contribution in [0.2, 0.25) is 5.02 Å². The van der Waals surface area contributed by atoms with E-state index in [1.807, 2.05) is 31.3 Å². The average Bonchev–Trinajstić information content (AvgIpc) is 2.74. The first kappa shape index (κ1) is 17.1. The fraction of sp³-hybridized carbons (Fsp3) is 0.278. The van der Waals surface area contributed by atoms with E-state index in [0.717, 1.165) is 22.8 Å². The number of fused-ring (bicyclic) bond motifs is 2. The lowest BCUT2D eigenvalue weighted by Gasteiger charge is -2.21. The van der Waals surface area contributed by atoms with Crippen LogP contribution in [-0.4, -0.2) is 24.8 Å². The number of benzene rings is 2. The lowest BCUT2D eigenvalue weighted by molar-refractivity contribution is 0.189. The highest BCUT2D eigenvalue weighted by molar-refractivity contribution is 7.98. The Hall–Kier alpha value is -1.69. The van der Waals surface area contributed by atoms with E-state index in [0.29, 0.717) is 6.54 Å². The largest absolute Gasteiger partial charge is 0.465 e. The monoisotopic (exact) mass is 362 g/mol. The second-order valence-electron chi connectivity index (χ2n) is 5.73. The maximum absolute atomic E-state index is 11.2. The number of likely N-dealkylation sites (N-methyl/N-ethyl adjacent to an activating group) is 1. The quantitative estimate of drug-likeness (QED) is 0.767. The molecule has 0 saturated carbocycles. The third kappa shape index (κ3) is 3.53. The van der Waals surface area contributed by atoms with Crippen LogP contribution >= 0.6 is 23.4 Å². The first-order chi connectivity index (χ1) is 11.6. The van der Waals surface area contributed by atoms with Crippen LogP contribution in [0.5, 0.6) is 0 Å². The lowest BCUT2D eigenvalue weighted by atomic mass is 9.93. The van der Waals surface area contributed by atoms with Crippen molar-refractivity contribution in [1.29, 1.82) is 0 Å². The van der Waals surface area contributed by atoms with Crippen LogP contribution in [-0.2, 0) is 12.2 Å². The average molecular weight is 363 g/mol. The number of halogens is 1. The molecular formula is C18H19ClN2O2S. The molecule has 1 aliphatic heterocycles. The fourth-order valence-corrected chi connectivity index (χ4v) is 4.62. The van der Waals surface area contributed by atoms with Crippen LogP contribution < -0.4 is 10.6 Å². The minimum atomic E-state index is -1.02. The number of hydrogen-bond donors (Lipinski definition) is 3.